The van der Waals surface area contributed by atoms with E-state index in [1.165, 1.54) is 0 Å². The van der Waals surface area contributed by atoms with Crippen molar-refractivity contribution in [3.63, 3.8) is 0 Å². The van der Waals surface area contributed by atoms with Gasteiger partial charge in [0.25, 0.3) is 0 Å². The molecule has 0 aliphatic carbocycles. The fourth-order valence-electron chi connectivity index (χ4n) is 2.48. The third kappa shape index (κ3) is 1.91. The Balaban J connectivity index is 2.42. The van der Waals surface area contributed by atoms with Crippen LogP contribution in [0, 0.1) is 13.8 Å². The lowest BCUT2D eigenvalue weighted by Gasteiger charge is -2.11. The number of fused-ring (bicyclic) bond motifs is 1. The summed E-state index contributed by atoms with van der Waals surface area (Å²) in [5, 5.41) is 5.11. The second kappa shape index (κ2) is 4.79. The molecule has 2 aromatic heterocycles. The van der Waals surface area contributed by atoms with Crippen LogP contribution < -0.4 is 0 Å². The molecule has 20 heavy (non-hydrogen) atoms. The molecule has 104 valence electrons. The number of aryl methyl sites for hydroxylation is 3. The van der Waals surface area contributed by atoms with Crippen molar-refractivity contribution in [3.8, 4) is 5.69 Å². The van der Waals surface area contributed by atoms with Crippen molar-refractivity contribution >= 4 is 34.4 Å². The highest BCUT2D eigenvalue weighted by molar-refractivity contribution is 6.30. The quantitative estimate of drug-likeness (QED) is 0.676. The molecule has 0 aliphatic heterocycles. The Bertz CT molecular complexity index is 801. The number of rotatable bonds is 2. The summed E-state index contributed by atoms with van der Waals surface area (Å²) >= 11 is 12.2. The number of nitrogens with zero attached hydrogens (tertiary/aromatic N) is 4. The number of hydrogen-bond donors (Lipinski definition) is 0. The fourth-order valence-corrected chi connectivity index (χ4v) is 2.83. The summed E-state index contributed by atoms with van der Waals surface area (Å²) in [6.45, 7) is 3.99. The molecule has 0 saturated heterocycles. The molecule has 1 aromatic carbocycles. The third-order valence-electron chi connectivity index (χ3n) is 3.40. The molecular formula is C14H14Cl2N4. The van der Waals surface area contributed by atoms with Crippen LogP contribution in [-0.2, 0) is 12.9 Å². The van der Waals surface area contributed by atoms with E-state index in [2.05, 4.69) is 10.1 Å². The standard InChI is InChI=1S/C14H14Cl2N4/c1-8-4-5-10(16)6-11(8)20-12(7-15)17-13-9(2)18-19(3)14(13)20/h4-6H,7H2,1-3H3. The van der Waals surface area contributed by atoms with Crippen molar-refractivity contribution in [3.05, 3.63) is 40.3 Å². The summed E-state index contributed by atoms with van der Waals surface area (Å²) in [7, 11) is 1.91. The monoisotopic (exact) mass is 308 g/mol. The van der Waals surface area contributed by atoms with Crippen molar-refractivity contribution < 1.29 is 0 Å². The summed E-state index contributed by atoms with van der Waals surface area (Å²) in [4.78, 5) is 4.60. The second-order valence-electron chi connectivity index (χ2n) is 4.81. The molecule has 0 unspecified atom stereocenters. The first-order valence-corrected chi connectivity index (χ1v) is 7.17. The maximum absolute atomic E-state index is 6.14. The number of hydrogen-bond acceptors (Lipinski definition) is 2. The van der Waals surface area contributed by atoms with Crippen molar-refractivity contribution in [2.75, 3.05) is 0 Å². The van der Waals surface area contributed by atoms with Gasteiger partial charge in [-0.15, -0.1) is 11.6 Å². The molecule has 0 radical (unpaired) electrons. The van der Waals surface area contributed by atoms with E-state index in [0.29, 0.717) is 10.9 Å². The molecule has 2 heterocycles. The van der Waals surface area contributed by atoms with Gasteiger partial charge in [-0.2, -0.15) is 5.10 Å². The zero-order chi connectivity index (χ0) is 14.4. The lowest BCUT2D eigenvalue weighted by Crippen LogP contribution is -2.05. The molecule has 0 N–H and O–H groups in total. The lowest BCUT2D eigenvalue weighted by molar-refractivity contribution is 0.754. The minimum absolute atomic E-state index is 0.333. The molecule has 0 bridgehead atoms. The molecule has 3 aromatic rings. The van der Waals surface area contributed by atoms with E-state index >= 15 is 0 Å². The first-order chi connectivity index (χ1) is 9.52. The second-order valence-corrected chi connectivity index (χ2v) is 5.51. The van der Waals surface area contributed by atoms with Crippen LogP contribution in [0.15, 0.2) is 18.2 Å². The zero-order valence-corrected chi connectivity index (χ0v) is 13.0. The maximum Gasteiger partial charge on any atom is 0.163 e. The van der Waals surface area contributed by atoms with Gasteiger partial charge in [0.2, 0.25) is 0 Å². The highest BCUT2D eigenvalue weighted by Crippen LogP contribution is 2.27. The van der Waals surface area contributed by atoms with Gasteiger partial charge in [0.15, 0.2) is 5.65 Å². The average molecular weight is 309 g/mol. The van der Waals surface area contributed by atoms with Crippen molar-refractivity contribution in [2.45, 2.75) is 19.7 Å². The first kappa shape index (κ1) is 13.5. The smallest absolute Gasteiger partial charge is 0.163 e. The van der Waals surface area contributed by atoms with Crippen molar-refractivity contribution in [1.29, 1.82) is 0 Å². The summed E-state index contributed by atoms with van der Waals surface area (Å²) in [6.07, 6.45) is 0. The van der Waals surface area contributed by atoms with Gasteiger partial charge >= 0.3 is 0 Å². The predicted octanol–water partition coefficient (Wildman–Crippen LogP) is 3.77. The third-order valence-corrected chi connectivity index (χ3v) is 3.88. The Morgan fingerprint density at radius 2 is 2.00 bits per heavy atom. The van der Waals surface area contributed by atoms with Crippen LogP contribution in [0.5, 0.6) is 0 Å². The molecule has 0 atom stereocenters. The van der Waals surface area contributed by atoms with Gasteiger partial charge in [-0.1, -0.05) is 17.7 Å². The van der Waals surface area contributed by atoms with E-state index in [1.54, 1.807) is 0 Å². The van der Waals surface area contributed by atoms with Crippen LogP contribution in [-0.4, -0.2) is 19.3 Å². The number of aromatic nitrogens is 4. The largest absolute Gasteiger partial charge is 0.280 e. The Kier molecular flexibility index (Phi) is 3.22. The van der Waals surface area contributed by atoms with Gasteiger partial charge in [-0.3, -0.25) is 4.57 Å². The predicted molar refractivity (Wildman–Crippen MR) is 81.9 cm³/mol. The number of imidazole rings is 1. The van der Waals surface area contributed by atoms with Crippen molar-refractivity contribution in [1.82, 2.24) is 19.3 Å². The Morgan fingerprint density at radius 3 is 2.70 bits per heavy atom. The van der Waals surface area contributed by atoms with Crippen LogP contribution >= 0.6 is 23.2 Å². The Morgan fingerprint density at radius 1 is 1.25 bits per heavy atom. The number of alkyl halides is 1. The Labute approximate surface area is 126 Å². The average Bonchev–Trinajstić information content (AvgIpc) is 2.92. The fraction of sp³-hybridized carbons (Fsp3) is 0.286. The van der Waals surface area contributed by atoms with Gasteiger partial charge in [-0.25, -0.2) is 9.67 Å². The van der Waals surface area contributed by atoms with Crippen LogP contribution in [0.2, 0.25) is 5.02 Å². The van der Waals surface area contributed by atoms with Crippen molar-refractivity contribution in [2.24, 2.45) is 7.05 Å². The summed E-state index contributed by atoms with van der Waals surface area (Å²) in [5.74, 6) is 1.13. The van der Waals surface area contributed by atoms with Gasteiger partial charge < -0.3 is 0 Å². The molecule has 6 heteroatoms. The molecule has 0 amide bonds. The summed E-state index contributed by atoms with van der Waals surface area (Å²) in [5.41, 5.74) is 4.80. The number of halogens is 2. The molecule has 3 rings (SSSR count). The number of benzene rings is 1. The van der Waals surface area contributed by atoms with Crippen LogP contribution in [0.1, 0.15) is 17.1 Å². The van der Waals surface area contributed by atoms with Crippen LogP contribution in [0.4, 0.5) is 0 Å². The van der Waals surface area contributed by atoms with Crippen LogP contribution in [0.25, 0.3) is 16.9 Å². The Hall–Kier alpha value is -1.52. The molecule has 0 fully saturated rings. The van der Waals surface area contributed by atoms with Gasteiger partial charge in [0.05, 0.1) is 17.3 Å². The van der Waals surface area contributed by atoms with E-state index in [-0.39, 0.29) is 0 Å². The van der Waals surface area contributed by atoms with E-state index < -0.39 is 0 Å². The normalized spacial score (nSPS) is 11.4. The maximum atomic E-state index is 6.14. The van der Waals surface area contributed by atoms with Gasteiger partial charge in [0.1, 0.15) is 11.3 Å². The van der Waals surface area contributed by atoms with E-state index in [0.717, 1.165) is 33.9 Å². The van der Waals surface area contributed by atoms with Gasteiger partial charge in [0, 0.05) is 12.1 Å². The molecule has 0 saturated carbocycles. The molecular weight excluding hydrogens is 295 g/mol. The minimum Gasteiger partial charge on any atom is -0.280 e. The minimum atomic E-state index is 0.333. The van der Waals surface area contributed by atoms with Crippen LogP contribution in [0.3, 0.4) is 0 Å². The molecule has 4 nitrogen and oxygen atoms in total. The topological polar surface area (TPSA) is 35.6 Å². The highest BCUT2D eigenvalue weighted by atomic mass is 35.5. The van der Waals surface area contributed by atoms with Gasteiger partial charge in [-0.05, 0) is 31.5 Å². The highest BCUT2D eigenvalue weighted by Gasteiger charge is 2.19. The summed E-state index contributed by atoms with van der Waals surface area (Å²) < 4.78 is 3.86. The van der Waals surface area contributed by atoms with E-state index in [1.807, 2.05) is 48.3 Å². The summed E-state index contributed by atoms with van der Waals surface area (Å²) in [6, 6.07) is 5.80. The molecule has 0 aliphatic rings. The molecule has 0 spiro atoms. The van der Waals surface area contributed by atoms with E-state index in [9.17, 15) is 0 Å². The zero-order valence-electron chi connectivity index (χ0n) is 11.5. The first-order valence-electron chi connectivity index (χ1n) is 6.26. The SMILES string of the molecule is Cc1ccc(Cl)cc1-n1c(CCl)nc2c(C)nn(C)c21. The lowest BCUT2D eigenvalue weighted by atomic mass is 10.2. The van der Waals surface area contributed by atoms with E-state index in [4.69, 9.17) is 23.2 Å².